The van der Waals surface area contributed by atoms with Crippen molar-refractivity contribution in [3.05, 3.63) is 48.3 Å². The molecule has 1 aliphatic heterocycles. The molecule has 1 aromatic heterocycles. The number of hydrogen-bond acceptors (Lipinski definition) is 4. The second kappa shape index (κ2) is 7.40. The maximum absolute atomic E-state index is 12.5. The Morgan fingerprint density at radius 1 is 1.25 bits per heavy atom. The van der Waals surface area contributed by atoms with Gasteiger partial charge in [-0.3, -0.25) is 9.59 Å². The van der Waals surface area contributed by atoms with Crippen LogP contribution in [0.25, 0.3) is 5.69 Å². The number of ketones is 1. The first-order chi connectivity index (χ1) is 11.7. The van der Waals surface area contributed by atoms with E-state index in [1.807, 2.05) is 30.3 Å². The maximum Gasteiger partial charge on any atom is 0.295 e. The highest BCUT2D eigenvalue weighted by molar-refractivity contribution is 6.42. The van der Waals surface area contributed by atoms with E-state index in [2.05, 4.69) is 5.10 Å². The van der Waals surface area contributed by atoms with Crippen LogP contribution in [-0.2, 0) is 4.79 Å². The van der Waals surface area contributed by atoms with Gasteiger partial charge in [0.15, 0.2) is 0 Å². The number of amides is 1. The number of likely N-dealkylation sites (tertiary alicyclic amines) is 1. The monoisotopic (exact) mass is 327 g/mol. The predicted octanol–water partition coefficient (Wildman–Crippen LogP) is 1.82. The largest absolute Gasteiger partial charge is 0.396 e. The Labute approximate surface area is 140 Å². The Bertz CT molecular complexity index is 711. The standard InChI is InChI=1S/C18H21N3O3/c22-11-5-9-15-8-4-10-20(15)18(24)17(23)14-12-19-21(13-14)16-6-2-1-3-7-16/h1-3,6-7,12-13,15,22H,4-5,8-11H2. The fourth-order valence-electron chi connectivity index (χ4n) is 3.15. The van der Waals surface area contributed by atoms with E-state index in [1.54, 1.807) is 15.8 Å². The topological polar surface area (TPSA) is 75.4 Å². The van der Waals surface area contributed by atoms with E-state index in [9.17, 15) is 9.59 Å². The summed E-state index contributed by atoms with van der Waals surface area (Å²) in [5, 5.41) is 13.1. The van der Waals surface area contributed by atoms with Gasteiger partial charge in [-0.15, -0.1) is 0 Å². The number of rotatable bonds is 6. The van der Waals surface area contributed by atoms with Crippen molar-refractivity contribution >= 4 is 11.7 Å². The molecule has 1 fully saturated rings. The second-order valence-electron chi connectivity index (χ2n) is 6.00. The third kappa shape index (κ3) is 3.38. The van der Waals surface area contributed by atoms with Gasteiger partial charge >= 0.3 is 0 Å². The molecule has 24 heavy (non-hydrogen) atoms. The minimum Gasteiger partial charge on any atom is -0.396 e. The Morgan fingerprint density at radius 3 is 2.79 bits per heavy atom. The number of nitrogens with zero attached hydrogens (tertiary/aromatic N) is 3. The summed E-state index contributed by atoms with van der Waals surface area (Å²) in [6, 6.07) is 9.50. The number of aliphatic hydroxyl groups is 1. The third-order valence-corrected chi connectivity index (χ3v) is 4.39. The number of benzene rings is 1. The van der Waals surface area contributed by atoms with E-state index in [0.29, 0.717) is 18.5 Å². The molecule has 0 spiro atoms. The van der Waals surface area contributed by atoms with Gasteiger partial charge in [0, 0.05) is 25.4 Å². The van der Waals surface area contributed by atoms with Gasteiger partial charge < -0.3 is 10.0 Å². The highest BCUT2D eigenvalue weighted by atomic mass is 16.3. The van der Waals surface area contributed by atoms with Crippen LogP contribution >= 0.6 is 0 Å². The molecular weight excluding hydrogens is 306 g/mol. The van der Waals surface area contributed by atoms with Gasteiger partial charge in [0.25, 0.3) is 11.7 Å². The molecule has 1 amide bonds. The van der Waals surface area contributed by atoms with Crippen molar-refractivity contribution in [2.75, 3.05) is 13.2 Å². The molecule has 1 atom stereocenters. The van der Waals surface area contributed by atoms with E-state index in [1.165, 1.54) is 6.20 Å². The molecule has 126 valence electrons. The summed E-state index contributed by atoms with van der Waals surface area (Å²) in [5.74, 6) is -0.990. The molecule has 0 saturated carbocycles. The molecule has 1 aliphatic rings. The van der Waals surface area contributed by atoms with Gasteiger partial charge in [-0.2, -0.15) is 5.10 Å². The van der Waals surface area contributed by atoms with Crippen LogP contribution in [0.15, 0.2) is 42.7 Å². The highest BCUT2D eigenvalue weighted by Crippen LogP contribution is 2.22. The molecule has 1 N–H and O–H groups in total. The number of carbonyl (C=O) groups excluding carboxylic acids is 2. The second-order valence-corrected chi connectivity index (χ2v) is 6.00. The van der Waals surface area contributed by atoms with E-state index < -0.39 is 11.7 Å². The third-order valence-electron chi connectivity index (χ3n) is 4.39. The highest BCUT2D eigenvalue weighted by Gasteiger charge is 2.32. The fourth-order valence-corrected chi connectivity index (χ4v) is 3.15. The van der Waals surface area contributed by atoms with Crippen molar-refractivity contribution in [3.8, 4) is 5.69 Å². The van der Waals surface area contributed by atoms with Crippen molar-refractivity contribution in [2.45, 2.75) is 31.7 Å². The fraction of sp³-hybridized carbons (Fsp3) is 0.389. The minimum absolute atomic E-state index is 0.0535. The van der Waals surface area contributed by atoms with Crippen LogP contribution in [0.4, 0.5) is 0 Å². The SMILES string of the molecule is O=C(C(=O)N1CCCC1CCCO)c1cnn(-c2ccccc2)c1. The first-order valence-corrected chi connectivity index (χ1v) is 8.27. The van der Waals surface area contributed by atoms with E-state index in [-0.39, 0.29) is 12.6 Å². The van der Waals surface area contributed by atoms with Gasteiger partial charge in [0.1, 0.15) is 0 Å². The number of para-hydroxylation sites is 1. The van der Waals surface area contributed by atoms with Crippen LogP contribution in [0.3, 0.4) is 0 Å². The van der Waals surface area contributed by atoms with Crippen molar-refractivity contribution in [1.29, 1.82) is 0 Å². The van der Waals surface area contributed by atoms with Crippen molar-refractivity contribution in [1.82, 2.24) is 14.7 Å². The number of aromatic nitrogens is 2. The van der Waals surface area contributed by atoms with Crippen molar-refractivity contribution in [3.63, 3.8) is 0 Å². The van der Waals surface area contributed by atoms with Gasteiger partial charge in [-0.1, -0.05) is 18.2 Å². The van der Waals surface area contributed by atoms with Gasteiger partial charge in [0.05, 0.1) is 17.4 Å². The Kier molecular flexibility index (Phi) is 5.05. The number of aliphatic hydroxyl groups excluding tert-OH is 1. The summed E-state index contributed by atoms with van der Waals surface area (Å²) in [7, 11) is 0. The molecule has 0 aliphatic carbocycles. The molecule has 6 nitrogen and oxygen atoms in total. The molecule has 2 heterocycles. The molecule has 1 unspecified atom stereocenters. The van der Waals surface area contributed by atoms with Crippen LogP contribution in [0.2, 0.25) is 0 Å². The molecule has 2 aromatic rings. The van der Waals surface area contributed by atoms with E-state index in [0.717, 1.165) is 24.9 Å². The molecular formula is C18H21N3O3. The van der Waals surface area contributed by atoms with Crippen molar-refractivity contribution < 1.29 is 14.7 Å². The first-order valence-electron chi connectivity index (χ1n) is 8.27. The number of carbonyl (C=O) groups is 2. The summed E-state index contributed by atoms with van der Waals surface area (Å²) in [4.78, 5) is 26.7. The molecule has 1 aromatic carbocycles. The summed E-state index contributed by atoms with van der Waals surface area (Å²) in [6.07, 6.45) is 6.20. The van der Waals surface area contributed by atoms with Crippen LogP contribution < -0.4 is 0 Å². The molecule has 1 saturated heterocycles. The lowest BCUT2D eigenvalue weighted by Crippen LogP contribution is -2.40. The van der Waals surface area contributed by atoms with Crippen LogP contribution in [-0.4, -0.2) is 50.7 Å². The van der Waals surface area contributed by atoms with Crippen LogP contribution in [0, 0.1) is 0 Å². The minimum atomic E-state index is -0.520. The van der Waals surface area contributed by atoms with Crippen LogP contribution in [0.5, 0.6) is 0 Å². The summed E-state index contributed by atoms with van der Waals surface area (Å²) in [6.45, 7) is 0.712. The zero-order valence-electron chi connectivity index (χ0n) is 13.5. The van der Waals surface area contributed by atoms with Gasteiger partial charge in [-0.05, 0) is 37.8 Å². The molecule has 0 bridgehead atoms. The number of Topliss-reactive ketones (excluding diaryl/α,β-unsaturated/α-hetero) is 1. The zero-order chi connectivity index (χ0) is 16.9. The van der Waals surface area contributed by atoms with E-state index >= 15 is 0 Å². The Hall–Kier alpha value is -2.47. The zero-order valence-corrected chi connectivity index (χ0v) is 13.5. The molecule has 0 radical (unpaired) electrons. The molecule has 3 rings (SSSR count). The first kappa shape index (κ1) is 16.4. The summed E-state index contributed by atoms with van der Waals surface area (Å²) >= 11 is 0. The van der Waals surface area contributed by atoms with E-state index in [4.69, 9.17) is 5.11 Å². The lowest BCUT2D eigenvalue weighted by Gasteiger charge is -2.23. The summed E-state index contributed by atoms with van der Waals surface area (Å²) < 4.78 is 1.59. The quantitative estimate of drug-likeness (QED) is 0.649. The average Bonchev–Trinajstić information content (AvgIpc) is 3.29. The summed E-state index contributed by atoms with van der Waals surface area (Å²) in [5.41, 5.74) is 1.14. The lowest BCUT2D eigenvalue weighted by molar-refractivity contribution is -0.127. The normalized spacial score (nSPS) is 17.2. The Morgan fingerprint density at radius 2 is 2.04 bits per heavy atom. The van der Waals surface area contributed by atoms with Crippen LogP contribution in [0.1, 0.15) is 36.0 Å². The lowest BCUT2D eigenvalue weighted by atomic mass is 10.1. The Balaban J connectivity index is 1.72. The maximum atomic E-state index is 12.5. The predicted molar refractivity (Wildman–Crippen MR) is 88.9 cm³/mol. The van der Waals surface area contributed by atoms with Gasteiger partial charge in [-0.25, -0.2) is 4.68 Å². The molecule has 6 heteroatoms. The number of hydrogen-bond donors (Lipinski definition) is 1. The van der Waals surface area contributed by atoms with Crippen molar-refractivity contribution in [2.24, 2.45) is 0 Å². The average molecular weight is 327 g/mol. The van der Waals surface area contributed by atoms with Gasteiger partial charge in [0.2, 0.25) is 0 Å². The smallest absolute Gasteiger partial charge is 0.295 e.